The second kappa shape index (κ2) is 8.83. The van der Waals surface area contributed by atoms with Gasteiger partial charge in [-0.25, -0.2) is 4.79 Å². The Balaban J connectivity index is 1.17. The molecule has 3 fully saturated rings. The molecular weight excluding hydrogens is 504 g/mol. The molecule has 38 heavy (non-hydrogen) atoms. The summed E-state index contributed by atoms with van der Waals surface area (Å²) in [5, 5.41) is 13.8. The fraction of sp³-hybridized carbons (Fsp3) is 0.667. The lowest BCUT2D eigenvalue weighted by molar-refractivity contribution is -0.00519. The third-order valence-electron chi connectivity index (χ3n) is 8.83. The van der Waals surface area contributed by atoms with E-state index in [0.29, 0.717) is 0 Å². The van der Waals surface area contributed by atoms with Gasteiger partial charge in [-0.1, -0.05) is 0 Å². The van der Waals surface area contributed by atoms with E-state index in [0.717, 1.165) is 87.1 Å². The molecule has 4 heterocycles. The van der Waals surface area contributed by atoms with Crippen molar-refractivity contribution < 1.29 is 9.53 Å². The average Bonchev–Trinajstić information content (AvgIpc) is 3.37. The molecule has 0 radical (unpaired) electrons. The van der Waals surface area contributed by atoms with Gasteiger partial charge >= 0.3 is 6.09 Å². The topological polar surface area (TPSA) is 103 Å². The van der Waals surface area contributed by atoms with Crippen LogP contribution in [0.2, 0.25) is 5.28 Å². The van der Waals surface area contributed by atoms with E-state index in [9.17, 15) is 4.79 Å². The van der Waals surface area contributed by atoms with E-state index in [1.807, 2.05) is 34.0 Å². The van der Waals surface area contributed by atoms with Crippen LogP contribution in [0.1, 0.15) is 76.2 Å². The Morgan fingerprint density at radius 1 is 1.16 bits per heavy atom. The number of aryl methyl sites for hydroxylation is 2. The van der Waals surface area contributed by atoms with E-state index < -0.39 is 5.60 Å². The fourth-order valence-electron chi connectivity index (χ4n) is 6.72. The van der Waals surface area contributed by atoms with Gasteiger partial charge in [-0.2, -0.15) is 20.2 Å². The van der Waals surface area contributed by atoms with Crippen LogP contribution in [0.5, 0.6) is 0 Å². The average molecular weight is 541 g/mol. The van der Waals surface area contributed by atoms with Crippen LogP contribution in [-0.2, 0) is 31.3 Å². The number of nitrogens with one attached hydrogen (secondary N) is 1. The molecule has 4 aliphatic rings. The summed E-state index contributed by atoms with van der Waals surface area (Å²) in [7, 11) is 1.87. The summed E-state index contributed by atoms with van der Waals surface area (Å²) >= 11 is 6.28. The number of carbonyl (C=O) groups excluding carboxylic acids is 1. The molecular formula is C27H37ClN8O2. The molecule has 1 amide bonds. The second-order valence-electron chi connectivity index (χ2n) is 12.6. The highest BCUT2D eigenvalue weighted by atomic mass is 35.5. The van der Waals surface area contributed by atoms with E-state index in [1.54, 1.807) is 4.68 Å². The van der Waals surface area contributed by atoms with Crippen LogP contribution >= 0.6 is 11.6 Å². The van der Waals surface area contributed by atoms with Gasteiger partial charge in [0.05, 0.1) is 17.3 Å². The number of hydrogen-bond donors (Lipinski definition) is 1. The summed E-state index contributed by atoms with van der Waals surface area (Å²) in [6.07, 6.45) is 8.72. The standard InChI is InChI=1S/C27H37ClN8O2/c1-17-19-15-35(22-18-14-29-34(5)21(18)30-23(28)31-22)13-6-20(19)36(33-17)16-26-7-10-27(11-8-26,12-9-26)32-24(37)38-25(2,3)4/h14H,6-13,15-16H2,1-5H3,(H,32,37). The summed E-state index contributed by atoms with van der Waals surface area (Å²) in [6.45, 7) is 10.4. The first-order chi connectivity index (χ1) is 17.9. The zero-order valence-electron chi connectivity index (χ0n) is 23.0. The number of halogens is 1. The van der Waals surface area contributed by atoms with Gasteiger partial charge in [0.25, 0.3) is 0 Å². The molecule has 204 valence electrons. The molecule has 11 heteroatoms. The quantitative estimate of drug-likeness (QED) is 0.478. The van der Waals surface area contributed by atoms with Gasteiger partial charge in [0.1, 0.15) is 11.4 Å². The number of amides is 1. The fourth-order valence-corrected chi connectivity index (χ4v) is 6.88. The van der Waals surface area contributed by atoms with E-state index in [1.165, 1.54) is 11.3 Å². The maximum absolute atomic E-state index is 12.5. The number of rotatable bonds is 4. The van der Waals surface area contributed by atoms with Crippen molar-refractivity contribution in [3.63, 3.8) is 0 Å². The Labute approximate surface area is 228 Å². The minimum atomic E-state index is -0.482. The number of alkyl carbamates (subject to hydrolysis) is 1. The summed E-state index contributed by atoms with van der Waals surface area (Å²) in [5.74, 6) is 0.831. The van der Waals surface area contributed by atoms with Crippen molar-refractivity contribution in [1.82, 2.24) is 34.8 Å². The number of ether oxygens (including phenoxy) is 1. The molecule has 0 aromatic carbocycles. The van der Waals surface area contributed by atoms with Gasteiger partial charge in [-0.15, -0.1) is 0 Å². The Morgan fingerprint density at radius 3 is 2.55 bits per heavy atom. The van der Waals surface area contributed by atoms with Crippen molar-refractivity contribution in [3.05, 3.63) is 28.4 Å². The van der Waals surface area contributed by atoms with Gasteiger partial charge in [0, 0.05) is 49.9 Å². The lowest BCUT2D eigenvalue weighted by Crippen LogP contribution is -2.58. The van der Waals surface area contributed by atoms with Crippen molar-refractivity contribution in [2.24, 2.45) is 12.5 Å². The van der Waals surface area contributed by atoms with Crippen LogP contribution in [0, 0.1) is 12.3 Å². The Bertz CT molecular complexity index is 1380. The molecule has 1 N–H and O–H groups in total. The summed E-state index contributed by atoms with van der Waals surface area (Å²) < 4.78 is 9.57. The predicted octanol–water partition coefficient (Wildman–Crippen LogP) is 4.70. The van der Waals surface area contributed by atoms with E-state index in [2.05, 4.69) is 36.9 Å². The van der Waals surface area contributed by atoms with Crippen molar-refractivity contribution in [1.29, 1.82) is 0 Å². The Kier molecular flexibility index (Phi) is 5.90. The third kappa shape index (κ3) is 4.50. The van der Waals surface area contributed by atoms with Crippen LogP contribution in [0.3, 0.4) is 0 Å². The van der Waals surface area contributed by atoms with Crippen LogP contribution in [0.15, 0.2) is 6.20 Å². The second-order valence-corrected chi connectivity index (χ2v) is 12.9. The third-order valence-corrected chi connectivity index (χ3v) is 9.00. The number of hydrogen-bond acceptors (Lipinski definition) is 7. The number of aromatic nitrogens is 6. The molecule has 3 saturated carbocycles. The SMILES string of the molecule is Cc1nn(CC23CCC(NC(=O)OC(C)(C)C)(CC2)CC3)c2c1CN(c1nc(Cl)nc3c1cnn3C)CC2. The van der Waals surface area contributed by atoms with Crippen LogP contribution in [0.4, 0.5) is 10.6 Å². The minimum Gasteiger partial charge on any atom is -0.444 e. The van der Waals surface area contributed by atoms with E-state index >= 15 is 0 Å². The van der Waals surface area contributed by atoms with Gasteiger partial charge in [-0.05, 0) is 83.2 Å². The summed E-state index contributed by atoms with van der Waals surface area (Å²) in [6, 6.07) is 0. The first-order valence-electron chi connectivity index (χ1n) is 13.6. The minimum absolute atomic E-state index is 0.125. The molecule has 7 rings (SSSR count). The molecule has 1 aliphatic heterocycles. The zero-order chi connectivity index (χ0) is 26.9. The monoisotopic (exact) mass is 540 g/mol. The smallest absolute Gasteiger partial charge is 0.408 e. The highest BCUT2D eigenvalue weighted by molar-refractivity contribution is 6.28. The molecule has 0 saturated heterocycles. The number of fused-ring (bicyclic) bond motifs is 5. The zero-order valence-corrected chi connectivity index (χ0v) is 23.7. The van der Waals surface area contributed by atoms with Crippen molar-refractivity contribution in [2.75, 3.05) is 11.4 Å². The maximum atomic E-state index is 12.5. The van der Waals surface area contributed by atoms with E-state index in [4.69, 9.17) is 21.4 Å². The predicted molar refractivity (Wildman–Crippen MR) is 145 cm³/mol. The van der Waals surface area contributed by atoms with Gasteiger partial charge in [0.15, 0.2) is 5.65 Å². The highest BCUT2D eigenvalue weighted by Crippen LogP contribution is 2.53. The Morgan fingerprint density at radius 2 is 1.87 bits per heavy atom. The molecule has 3 aromatic rings. The first kappa shape index (κ1) is 25.4. The van der Waals surface area contributed by atoms with E-state index in [-0.39, 0.29) is 22.3 Å². The number of carbonyl (C=O) groups is 1. The Hall–Kier alpha value is -2.88. The van der Waals surface area contributed by atoms with Gasteiger partial charge < -0.3 is 15.0 Å². The molecule has 0 spiro atoms. The maximum Gasteiger partial charge on any atom is 0.408 e. The van der Waals surface area contributed by atoms with Crippen LogP contribution in [-0.4, -0.2) is 53.3 Å². The van der Waals surface area contributed by atoms with Gasteiger partial charge in [0.2, 0.25) is 5.28 Å². The molecule has 0 atom stereocenters. The molecule has 3 aliphatic carbocycles. The lowest BCUT2D eigenvalue weighted by atomic mass is 9.57. The molecule has 3 aromatic heterocycles. The summed E-state index contributed by atoms with van der Waals surface area (Å²) in [5.41, 5.74) is 4.07. The highest BCUT2D eigenvalue weighted by Gasteiger charge is 2.50. The van der Waals surface area contributed by atoms with Gasteiger partial charge in [-0.3, -0.25) is 9.36 Å². The number of nitrogens with zero attached hydrogens (tertiary/aromatic N) is 7. The van der Waals surface area contributed by atoms with Crippen molar-refractivity contribution in [2.45, 2.75) is 96.9 Å². The van der Waals surface area contributed by atoms with Crippen molar-refractivity contribution >= 4 is 34.5 Å². The largest absolute Gasteiger partial charge is 0.444 e. The van der Waals surface area contributed by atoms with Crippen LogP contribution < -0.4 is 10.2 Å². The number of anilines is 1. The molecule has 0 unspecified atom stereocenters. The lowest BCUT2D eigenvalue weighted by Gasteiger charge is -2.53. The summed E-state index contributed by atoms with van der Waals surface area (Å²) in [4.78, 5) is 23.7. The first-order valence-corrected chi connectivity index (χ1v) is 14.0. The van der Waals surface area contributed by atoms with Crippen LogP contribution in [0.25, 0.3) is 11.0 Å². The van der Waals surface area contributed by atoms with Crippen molar-refractivity contribution in [3.8, 4) is 0 Å². The molecule has 2 bridgehead atoms. The molecule has 10 nitrogen and oxygen atoms in total. The normalized spacial score (nSPS) is 25.1.